The summed E-state index contributed by atoms with van der Waals surface area (Å²) in [5, 5.41) is 0. The summed E-state index contributed by atoms with van der Waals surface area (Å²) in [5.74, 6) is 0.607. The quantitative estimate of drug-likeness (QED) is 0.587. The molecule has 0 saturated heterocycles. The Labute approximate surface area is 71.2 Å². The molecule has 0 aromatic carbocycles. The van der Waals surface area contributed by atoms with Crippen molar-refractivity contribution in [2.75, 3.05) is 6.67 Å². The molecule has 0 amide bonds. The van der Waals surface area contributed by atoms with Gasteiger partial charge in [0.15, 0.2) is 0 Å². The molecule has 0 nitrogen and oxygen atoms in total. The Morgan fingerprint density at radius 1 is 1.18 bits per heavy atom. The van der Waals surface area contributed by atoms with E-state index in [2.05, 4.69) is 13.8 Å². The lowest BCUT2D eigenvalue weighted by atomic mass is 9.85. The summed E-state index contributed by atoms with van der Waals surface area (Å²) >= 11 is 0. The summed E-state index contributed by atoms with van der Waals surface area (Å²) in [6.45, 7) is 12.0. The second kappa shape index (κ2) is 6.63. The molecule has 0 atom stereocenters. The van der Waals surface area contributed by atoms with Gasteiger partial charge in [-0.3, -0.25) is 4.39 Å². The molecule has 11 heavy (non-hydrogen) atoms. The highest BCUT2D eigenvalue weighted by Gasteiger charge is 2.18. The molecule has 0 aromatic rings. The van der Waals surface area contributed by atoms with Crippen LogP contribution in [0.15, 0.2) is 0 Å². The summed E-state index contributed by atoms with van der Waals surface area (Å²) in [6, 6.07) is 0. The van der Waals surface area contributed by atoms with Gasteiger partial charge in [0.2, 0.25) is 0 Å². The smallest absolute Gasteiger partial charge is 0.0945 e. The molecule has 0 bridgehead atoms. The fraction of sp³-hybridized carbons (Fsp3) is 1.00. The van der Waals surface area contributed by atoms with Crippen molar-refractivity contribution in [3.63, 3.8) is 0 Å². The van der Waals surface area contributed by atoms with E-state index >= 15 is 0 Å². The van der Waals surface area contributed by atoms with Crippen molar-refractivity contribution >= 4 is 0 Å². The minimum Gasteiger partial charge on any atom is -0.251 e. The van der Waals surface area contributed by atoms with Crippen LogP contribution in [-0.2, 0) is 0 Å². The van der Waals surface area contributed by atoms with Crippen LogP contribution in [-0.4, -0.2) is 6.67 Å². The van der Waals surface area contributed by atoms with Gasteiger partial charge in [-0.2, -0.15) is 0 Å². The Bertz CT molecular complexity index is 74.9. The largest absolute Gasteiger partial charge is 0.251 e. The molecular weight excluding hydrogens is 139 g/mol. The van der Waals surface area contributed by atoms with Crippen LogP contribution in [0.5, 0.6) is 0 Å². The molecule has 0 spiro atoms. The average molecular weight is 162 g/mol. The highest BCUT2D eigenvalue weighted by molar-refractivity contribution is 4.68. The summed E-state index contributed by atoms with van der Waals surface area (Å²) in [6.07, 6.45) is 0.976. The summed E-state index contributed by atoms with van der Waals surface area (Å²) in [5.41, 5.74) is -0.103. The molecule has 0 aliphatic rings. The third-order valence-corrected chi connectivity index (χ3v) is 1.32. The van der Waals surface area contributed by atoms with E-state index in [-0.39, 0.29) is 12.1 Å². The lowest BCUT2D eigenvalue weighted by molar-refractivity contribution is 0.213. The van der Waals surface area contributed by atoms with Crippen LogP contribution in [0, 0.1) is 11.3 Å². The first-order chi connectivity index (χ1) is 4.98. The lowest BCUT2D eigenvalue weighted by Crippen LogP contribution is -2.16. The molecule has 0 aromatic heterocycles. The van der Waals surface area contributed by atoms with Crippen molar-refractivity contribution in [3.05, 3.63) is 0 Å². The molecule has 0 fully saturated rings. The van der Waals surface area contributed by atoms with E-state index < -0.39 is 0 Å². The van der Waals surface area contributed by atoms with Crippen molar-refractivity contribution < 1.29 is 4.39 Å². The summed E-state index contributed by atoms with van der Waals surface area (Å²) in [4.78, 5) is 0. The van der Waals surface area contributed by atoms with Gasteiger partial charge in [0, 0.05) is 0 Å². The van der Waals surface area contributed by atoms with Crippen LogP contribution >= 0.6 is 0 Å². The standard InChI is InChI=1S/C8H17F.C2H6/c1-7(2)5-8(3,4)6-9;1-2/h7H,5-6H2,1-4H3;1-2H3. The Hall–Kier alpha value is -0.0700. The fourth-order valence-electron chi connectivity index (χ4n) is 1.16. The predicted molar refractivity (Wildman–Crippen MR) is 50.6 cm³/mol. The van der Waals surface area contributed by atoms with Gasteiger partial charge in [-0.25, -0.2) is 0 Å². The van der Waals surface area contributed by atoms with E-state index in [4.69, 9.17) is 0 Å². The molecule has 0 aliphatic heterocycles. The van der Waals surface area contributed by atoms with Gasteiger partial charge < -0.3 is 0 Å². The van der Waals surface area contributed by atoms with Gasteiger partial charge in [-0.1, -0.05) is 41.5 Å². The zero-order chi connectivity index (χ0) is 9.49. The zero-order valence-corrected chi connectivity index (χ0v) is 8.87. The number of rotatable bonds is 3. The molecule has 0 heterocycles. The first-order valence-corrected chi connectivity index (χ1v) is 4.54. The zero-order valence-electron chi connectivity index (χ0n) is 8.87. The van der Waals surface area contributed by atoms with Gasteiger partial charge in [0.25, 0.3) is 0 Å². The maximum absolute atomic E-state index is 12.1. The van der Waals surface area contributed by atoms with Crippen LogP contribution in [0.2, 0.25) is 0 Å². The molecule has 0 rings (SSSR count). The van der Waals surface area contributed by atoms with Crippen molar-refractivity contribution in [2.45, 2.75) is 48.0 Å². The SMILES string of the molecule is CC.CC(C)CC(C)(C)CF. The second-order valence-corrected chi connectivity index (χ2v) is 3.90. The van der Waals surface area contributed by atoms with Crippen LogP contribution < -0.4 is 0 Å². The Morgan fingerprint density at radius 3 is 1.64 bits per heavy atom. The normalized spacial score (nSPS) is 10.9. The van der Waals surface area contributed by atoms with Crippen LogP contribution in [0.4, 0.5) is 4.39 Å². The molecule has 0 aliphatic carbocycles. The first-order valence-electron chi connectivity index (χ1n) is 4.54. The van der Waals surface area contributed by atoms with Gasteiger partial charge in [0.1, 0.15) is 0 Å². The lowest BCUT2D eigenvalue weighted by Gasteiger charge is -2.22. The maximum Gasteiger partial charge on any atom is 0.0945 e. The summed E-state index contributed by atoms with van der Waals surface area (Å²) < 4.78 is 12.1. The second-order valence-electron chi connectivity index (χ2n) is 3.90. The van der Waals surface area contributed by atoms with E-state index in [0.717, 1.165) is 6.42 Å². The molecular formula is C10H23F. The topological polar surface area (TPSA) is 0 Å². The molecule has 1 heteroatoms. The average Bonchev–Trinajstić information content (AvgIpc) is 1.90. The predicted octanol–water partition coefficient (Wildman–Crippen LogP) is 4.05. The molecule has 0 N–H and O–H groups in total. The Balaban J connectivity index is 0. The van der Waals surface area contributed by atoms with E-state index in [0.29, 0.717) is 5.92 Å². The van der Waals surface area contributed by atoms with Gasteiger partial charge >= 0.3 is 0 Å². The molecule has 0 unspecified atom stereocenters. The van der Waals surface area contributed by atoms with E-state index in [1.165, 1.54) is 0 Å². The Kier molecular flexibility index (Phi) is 8.14. The van der Waals surface area contributed by atoms with Crippen molar-refractivity contribution in [2.24, 2.45) is 11.3 Å². The monoisotopic (exact) mass is 162 g/mol. The number of alkyl halides is 1. The van der Waals surface area contributed by atoms with Crippen molar-refractivity contribution in [1.29, 1.82) is 0 Å². The van der Waals surface area contributed by atoms with Gasteiger partial charge in [0.05, 0.1) is 6.67 Å². The van der Waals surface area contributed by atoms with Gasteiger partial charge in [-0.05, 0) is 17.8 Å². The van der Waals surface area contributed by atoms with E-state index in [1.54, 1.807) is 0 Å². The van der Waals surface area contributed by atoms with Crippen molar-refractivity contribution in [1.82, 2.24) is 0 Å². The third-order valence-electron chi connectivity index (χ3n) is 1.32. The molecule has 0 saturated carbocycles. The third kappa shape index (κ3) is 9.93. The van der Waals surface area contributed by atoms with E-state index in [9.17, 15) is 4.39 Å². The number of hydrogen-bond donors (Lipinski definition) is 0. The fourth-order valence-corrected chi connectivity index (χ4v) is 1.16. The molecule has 0 radical (unpaired) electrons. The maximum atomic E-state index is 12.1. The minimum atomic E-state index is -0.203. The first kappa shape index (κ1) is 13.5. The number of hydrogen-bond acceptors (Lipinski definition) is 0. The highest BCUT2D eigenvalue weighted by Crippen LogP contribution is 2.24. The van der Waals surface area contributed by atoms with Crippen LogP contribution in [0.3, 0.4) is 0 Å². The molecule has 70 valence electrons. The number of halogens is 1. The Morgan fingerprint density at radius 2 is 1.55 bits per heavy atom. The minimum absolute atomic E-state index is 0.103. The summed E-state index contributed by atoms with van der Waals surface area (Å²) in [7, 11) is 0. The van der Waals surface area contributed by atoms with Crippen LogP contribution in [0.1, 0.15) is 48.0 Å². The van der Waals surface area contributed by atoms with Crippen molar-refractivity contribution in [3.8, 4) is 0 Å². The highest BCUT2D eigenvalue weighted by atomic mass is 19.1. The van der Waals surface area contributed by atoms with Crippen LogP contribution in [0.25, 0.3) is 0 Å². The van der Waals surface area contributed by atoms with Gasteiger partial charge in [-0.15, -0.1) is 0 Å². The van der Waals surface area contributed by atoms with E-state index in [1.807, 2.05) is 27.7 Å².